The van der Waals surface area contributed by atoms with Crippen molar-refractivity contribution in [3.05, 3.63) is 102 Å². The molecule has 2 aromatic heterocycles. The van der Waals surface area contributed by atoms with E-state index in [0.717, 1.165) is 45.4 Å². The Morgan fingerprint density at radius 3 is 2.55 bits per heavy atom. The van der Waals surface area contributed by atoms with Crippen molar-refractivity contribution in [1.82, 2.24) is 25.2 Å². The summed E-state index contributed by atoms with van der Waals surface area (Å²) >= 11 is 0. The van der Waals surface area contributed by atoms with Crippen LogP contribution in [0, 0.1) is 6.92 Å². The van der Waals surface area contributed by atoms with Gasteiger partial charge in [-0.05, 0) is 65.3 Å². The van der Waals surface area contributed by atoms with Crippen LogP contribution in [0.5, 0.6) is 0 Å². The number of hydrogen-bond donors (Lipinski definition) is 2. The molecule has 40 heavy (non-hydrogen) atoms. The third-order valence-corrected chi connectivity index (χ3v) is 7.58. The lowest BCUT2D eigenvalue weighted by atomic mass is 9.87. The van der Waals surface area contributed by atoms with Crippen LogP contribution in [-0.4, -0.2) is 44.8 Å². The molecule has 0 aliphatic carbocycles. The van der Waals surface area contributed by atoms with E-state index in [1.807, 2.05) is 49.5 Å². The highest BCUT2D eigenvalue weighted by Gasteiger charge is 2.21. The van der Waals surface area contributed by atoms with Crippen molar-refractivity contribution < 1.29 is 9.59 Å². The molecule has 1 aliphatic heterocycles. The van der Waals surface area contributed by atoms with Crippen molar-refractivity contribution in [2.75, 3.05) is 13.1 Å². The van der Waals surface area contributed by atoms with Crippen LogP contribution in [0.25, 0.3) is 27.9 Å². The quantitative estimate of drug-likeness (QED) is 0.299. The molecular weight excluding hydrogens is 498 g/mol. The second kappa shape index (κ2) is 10.9. The predicted molar refractivity (Wildman–Crippen MR) is 160 cm³/mol. The predicted octanol–water partition coefficient (Wildman–Crippen LogP) is 5.96. The van der Waals surface area contributed by atoms with Crippen molar-refractivity contribution in [2.45, 2.75) is 46.1 Å². The summed E-state index contributed by atoms with van der Waals surface area (Å²) in [5.41, 5.74) is 8.85. The average molecular weight is 534 g/mol. The van der Waals surface area contributed by atoms with E-state index in [-0.39, 0.29) is 17.2 Å². The molecule has 0 unspecified atom stereocenters. The monoisotopic (exact) mass is 533 g/mol. The normalized spacial score (nSPS) is 13.7. The minimum atomic E-state index is -0.0903. The Hall–Kier alpha value is -4.52. The van der Waals surface area contributed by atoms with Gasteiger partial charge in [0.1, 0.15) is 12.0 Å². The fourth-order valence-corrected chi connectivity index (χ4v) is 5.12. The van der Waals surface area contributed by atoms with Gasteiger partial charge in [0.15, 0.2) is 0 Å². The first-order chi connectivity index (χ1) is 19.2. The maximum Gasteiger partial charge on any atom is 0.251 e. The van der Waals surface area contributed by atoms with Crippen molar-refractivity contribution in [2.24, 2.45) is 0 Å². The summed E-state index contributed by atoms with van der Waals surface area (Å²) in [7, 11) is 0. The zero-order valence-electron chi connectivity index (χ0n) is 23.5. The van der Waals surface area contributed by atoms with Crippen LogP contribution in [0.15, 0.2) is 73.7 Å². The molecule has 0 bridgehead atoms. The lowest BCUT2D eigenvalue weighted by Crippen LogP contribution is -2.33. The van der Waals surface area contributed by atoms with E-state index in [1.165, 1.54) is 17.2 Å². The van der Waals surface area contributed by atoms with E-state index in [4.69, 9.17) is 0 Å². The summed E-state index contributed by atoms with van der Waals surface area (Å²) in [4.78, 5) is 39.0. The van der Waals surface area contributed by atoms with Crippen molar-refractivity contribution in [3.8, 4) is 11.3 Å². The molecule has 3 heterocycles. The van der Waals surface area contributed by atoms with Crippen LogP contribution in [0.4, 0.5) is 0 Å². The SMILES string of the molecule is C=CC(=O)N1CC=C(c2c[nH]c3ncnc(-c4ccc(CNC(=O)c5ccc(C(C)(C)C)cc5)c(C)c4)c23)CC1. The average Bonchev–Trinajstić information content (AvgIpc) is 3.40. The highest BCUT2D eigenvalue weighted by molar-refractivity contribution is 6.00. The van der Waals surface area contributed by atoms with Crippen LogP contribution in [0.3, 0.4) is 0 Å². The Balaban J connectivity index is 1.35. The summed E-state index contributed by atoms with van der Waals surface area (Å²) in [6, 6.07) is 14.0. The molecule has 0 spiro atoms. The van der Waals surface area contributed by atoms with E-state index < -0.39 is 0 Å². The van der Waals surface area contributed by atoms with Crippen LogP contribution in [0.2, 0.25) is 0 Å². The number of rotatable bonds is 6. The molecule has 5 rings (SSSR count). The van der Waals surface area contributed by atoms with Gasteiger partial charge in [0.05, 0.1) is 11.1 Å². The van der Waals surface area contributed by atoms with Crippen molar-refractivity contribution in [1.29, 1.82) is 0 Å². The van der Waals surface area contributed by atoms with Gasteiger partial charge in [-0.25, -0.2) is 9.97 Å². The number of aromatic amines is 1. The Kier molecular flexibility index (Phi) is 7.39. The smallest absolute Gasteiger partial charge is 0.251 e. The first-order valence-electron chi connectivity index (χ1n) is 13.6. The maximum absolute atomic E-state index is 12.8. The standard InChI is InChI=1S/C33H35N5O2/c1-6-28(39)38-15-13-22(14-16-38)27-19-34-31-29(27)30(36-20-37-31)24-7-8-25(21(2)17-24)18-35-32(40)23-9-11-26(12-10-23)33(3,4)5/h6-13,17,19-20H,1,14-16,18H2,2-5H3,(H,35,40)(H,34,36,37). The Labute approximate surface area is 235 Å². The molecule has 0 fully saturated rings. The zero-order chi connectivity index (χ0) is 28.4. The summed E-state index contributed by atoms with van der Waals surface area (Å²) in [5.74, 6) is -0.143. The van der Waals surface area contributed by atoms with Gasteiger partial charge in [-0.3, -0.25) is 9.59 Å². The molecule has 204 valence electrons. The molecule has 0 atom stereocenters. The fraction of sp³-hybridized carbons (Fsp3) is 0.273. The minimum Gasteiger partial charge on any atom is -0.348 e. The lowest BCUT2D eigenvalue weighted by molar-refractivity contribution is -0.125. The van der Waals surface area contributed by atoms with Crippen LogP contribution >= 0.6 is 0 Å². The van der Waals surface area contributed by atoms with Gasteiger partial charge in [-0.15, -0.1) is 0 Å². The van der Waals surface area contributed by atoms with E-state index in [2.05, 4.69) is 59.8 Å². The first kappa shape index (κ1) is 27.1. The zero-order valence-corrected chi connectivity index (χ0v) is 23.5. The number of H-pyrrole nitrogens is 1. The summed E-state index contributed by atoms with van der Waals surface area (Å²) in [6.45, 7) is 13.8. The molecule has 2 aromatic carbocycles. The number of aromatic nitrogens is 3. The topological polar surface area (TPSA) is 91.0 Å². The van der Waals surface area contributed by atoms with Crippen LogP contribution < -0.4 is 5.32 Å². The number of carbonyl (C=O) groups is 2. The minimum absolute atomic E-state index is 0.0463. The van der Waals surface area contributed by atoms with Gasteiger partial charge < -0.3 is 15.2 Å². The van der Waals surface area contributed by atoms with E-state index in [0.29, 0.717) is 25.2 Å². The van der Waals surface area contributed by atoms with Gasteiger partial charge >= 0.3 is 0 Å². The van der Waals surface area contributed by atoms with Crippen LogP contribution in [-0.2, 0) is 16.8 Å². The van der Waals surface area contributed by atoms with E-state index >= 15 is 0 Å². The number of hydrogen-bond acceptors (Lipinski definition) is 4. The molecule has 0 saturated heterocycles. The number of nitrogens with zero attached hydrogens (tertiary/aromatic N) is 3. The molecule has 7 heteroatoms. The van der Waals surface area contributed by atoms with Gasteiger partial charge in [-0.2, -0.15) is 0 Å². The van der Waals surface area contributed by atoms with Crippen molar-refractivity contribution >= 4 is 28.4 Å². The maximum atomic E-state index is 12.8. The number of benzene rings is 2. The second-order valence-electron chi connectivity index (χ2n) is 11.3. The number of carbonyl (C=O) groups excluding carboxylic acids is 2. The highest BCUT2D eigenvalue weighted by atomic mass is 16.2. The number of aryl methyl sites for hydroxylation is 1. The molecule has 2 N–H and O–H groups in total. The first-order valence-corrected chi connectivity index (χ1v) is 13.6. The van der Waals surface area contributed by atoms with Crippen LogP contribution in [0.1, 0.15) is 59.8 Å². The summed E-state index contributed by atoms with van der Waals surface area (Å²) in [6.07, 6.45) is 7.75. The third kappa shape index (κ3) is 5.45. The van der Waals surface area contributed by atoms with Crippen molar-refractivity contribution in [3.63, 3.8) is 0 Å². The Morgan fingerprint density at radius 1 is 1.12 bits per heavy atom. The van der Waals surface area contributed by atoms with E-state index in [9.17, 15) is 9.59 Å². The molecule has 7 nitrogen and oxygen atoms in total. The molecular formula is C33H35N5O2. The molecule has 0 radical (unpaired) electrons. The molecule has 2 amide bonds. The molecule has 4 aromatic rings. The van der Waals surface area contributed by atoms with Gasteiger partial charge in [-0.1, -0.05) is 57.7 Å². The largest absolute Gasteiger partial charge is 0.348 e. The second-order valence-corrected chi connectivity index (χ2v) is 11.3. The molecule has 0 saturated carbocycles. The fourth-order valence-electron chi connectivity index (χ4n) is 5.12. The van der Waals surface area contributed by atoms with E-state index in [1.54, 1.807) is 11.2 Å². The van der Waals surface area contributed by atoms with Gasteiger partial charge in [0.25, 0.3) is 5.91 Å². The lowest BCUT2D eigenvalue weighted by Gasteiger charge is -2.25. The highest BCUT2D eigenvalue weighted by Crippen LogP contribution is 2.35. The summed E-state index contributed by atoms with van der Waals surface area (Å²) in [5, 5.41) is 4.02. The number of nitrogens with one attached hydrogen (secondary N) is 2. The van der Waals surface area contributed by atoms with Gasteiger partial charge in [0, 0.05) is 42.5 Å². The summed E-state index contributed by atoms with van der Waals surface area (Å²) < 4.78 is 0. The Bertz CT molecular complexity index is 1620. The Morgan fingerprint density at radius 2 is 1.90 bits per heavy atom. The number of amides is 2. The third-order valence-electron chi connectivity index (χ3n) is 7.58. The van der Waals surface area contributed by atoms with Gasteiger partial charge in [0.2, 0.25) is 5.91 Å². The number of fused-ring (bicyclic) bond motifs is 1. The molecule has 1 aliphatic rings.